The van der Waals surface area contributed by atoms with Crippen LogP contribution >= 0.6 is 27.3 Å². The number of nitrogens with one attached hydrogen (secondary N) is 1. The molecule has 19 heavy (non-hydrogen) atoms. The highest BCUT2D eigenvalue weighted by Crippen LogP contribution is 2.21. The van der Waals surface area contributed by atoms with Crippen LogP contribution < -0.4 is 5.32 Å². The zero-order chi connectivity index (χ0) is 13.4. The van der Waals surface area contributed by atoms with Crippen LogP contribution in [0, 0.1) is 6.92 Å². The largest absolute Gasteiger partial charge is 0.320 e. The van der Waals surface area contributed by atoms with Gasteiger partial charge in [0.2, 0.25) is 9.97 Å². The number of aromatic nitrogens is 4. The van der Waals surface area contributed by atoms with Crippen molar-refractivity contribution in [2.75, 3.05) is 5.32 Å². The first-order chi connectivity index (χ1) is 9.13. The fourth-order valence-corrected chi connectivity index (χ4v) is 2.60. The van der Waals surface area contributed by atoms with Gasteiger partial charge in [0.1, 0.15) is 6.33 Å². The van der Waals surface area contributed by atoms with E-state index in [-0.39, 0.29) is 5.91 Å². The minimum atomic E-state index is -0.258. The van der Waals surface area contributed by atoms with Gasteiger partial charge >= 0.3 is 0 Å². The third kappa shape index (κ3) is 2.36. The molecule has 8 heteroatoms. The number of carbonyl (C=O) groups excluding carboxylic acids is 1. The lowest BCUT2D eigenvalue weighted by Crippen LogP contribution is -2.12. The van der Waals surface area contributed by atoms with Crippen LogP contribution in [0.4, 0.5) is 5.69 Å². The molecule has 0 unspecified atom stereocenters. The third-order valence-corrected chi connectivity index (χ3v) is 4.28. The smallest absolute Gasteiger partial charge is 0.286 e. The van der Waals surface area contributed by atoms with Crippen molar-refractivity contribution in [1.82, 2.24) is 19.8 Å². The number of nitrogens with zero attached hydrogens (tertiary/aromatic N) is 4. The summed E-state index contributed by atoms with van der Waals surface area (Å²) in [5.41, 5.74) is 1.82. The minimum Gasteiger partial charge on any atom is -0.320 e. The first-order valence-electron chi connectivity index (χ1n) is 5.38. The molecule has 0 fully saturated rings. The molecule has 0 aliphatic carbocycles. The summed E-state index contributed by atoms with van der Waals surface area (Å²) in [6.07, 6.45) is 1.46. The summed E-state index contributed by atoms with van der Waals surface area (Å²) < 4.78 is 2.42. The number of halogens is 1. The number of rotatable bonds is 2. The van der Waals surface area contributed by atoms with E-state index in [9.17, 15) is 4.79 Å². The molecule has 0 bridgehead atoms. The van der Waals surface area contributed by atoms with Gasteiger partial charge in [-0.25, -0.2) is 0 Å². The van der Waals surface area contributed by atoms with Crippen molar-refractivity contribution >= 4 is 43.8 Å². The number of amides is 1. The van der Waals surface area contributed by atoms with Crippen molar-refractivity contribution in [2.24, 2.45) is 0 Å². The van der Waals surface area contributed by atoms with Gasteiger partial charge in [-0.3, -0.25) is 4.79 Å². The maximum Gasteiger partial charge on any atom is 0.286 e. The molecule has 96 valence electrons. The summed E-state index contributed by atoms with van der Waals surface area (Å²) in [6, 6.07) is 5.63. The average Bonchev–Trinajstić information content (AvgIpc) is 2.94. The van der Waals surface area contributed by atoms with E-state index in [1.54, 1.807) is 0 Å². The predicted octanol–water partition coefficient (Wildman–Crippen LogP) is 2.51. The molecule has 0 saturated heterocycles. The molecule has 0 spiro atoms. The number of benzene rings is 1. The first kappa shape index (κ1) is 12.2. The molecule has 1 N–H and O–H groups in total. The first-order valence-corrected chi connectivity index (χ1v) is 6.99. The Labute approximate surface area is 120 Å². The Morgan fingerprint density at radius 1 is 1.47 bits per heavy atom. The van der Waals surface area contributed by atoms with Crippen molar-refractivity contribution in [2.45, 2.75) is 6.92 Å². The SMILES string of the molecule is Cc1ccc(NC(=O)c2nn3cnnc3s2)cc1Br. The van der Waals surface area contributed by atoms with Crippen LogP contribution in [0.25, 0.3) is 4.96 Å². The molecular formula is C11H8BrN5OS. The monoisotopic (exact) mass is 337 g/mol. The van der Waals surface area contributed by atoms with Crippen LogP contribution in [-0.4, -0.2) is 25.7 Å². The second-order valence-electron chi connectivity index (χ2n) is 3.88. The zero-order valence-corrected chi connectivity index (χ0v) is 12.2. The van der Waals surface area contributed by atoms with Crippen molar-refractivity contribution in [1.29, 1.82) is 0 Å². The molecule has 3 rings (SSSR count). The maximum atomic E-state index is 12.0. The van der Waals surface area contributed by atoms with Crippen LogP contribution in [0.15, 0.2) is 29.0 Å². The second kappa shape index (κ2) is 4.71. The average molecular weight is 338 g/mol. The maximum absolute atomic E-state index is 12.0. The second-order valence-corrected chi connectivity index (χ2v) is 5.69. The van der Waals surface area contributed by atoms with Crippen molar-refractivity contribution in [3.05, 3.63) is 39.6 Å². The fourth-order valence-electron chi connectivity index (χ4n) is 1.51. The van der Waals surface area contributed by atoms with Gasteiger partial charge in [0.25, 0.3) is 5.91 Å². The number of carbonyl (C=O) groups is 1. The van der Waals surface area contributed by atoms with Crippen LogP contribution in [-0.2, 0) is 0 Å². The number of hydrogen-bond donors (Lipinski definition) is 1. The van der Waals surface area contributed by atoms with E-state index in [4.69, 9.17) is 0 Å². The summed E-state index contributed by atoms with van der Waals surface area (Å²) in [5.74, 6) is -0.258. The lowest BCUT2D eigenvalue weighted by atomic mass is 10.2. The molecule has 0 radical (unpaired) electrons. The van der Waals surface area contributed by atoms with Gasteiger partial charge in [-0.1, -0.05) is 33.3 Å². The van der Waals surface area contributed by atoms with E-state index in [1.165, 1.54) is 22.2 Å². The molecule has 2 heterocycles. The van der Waals surface area contributed by atoms with Gasteiger partial charge < -0.3 is 5.32 Å². The Hall–Kier alpha value is -1.80. The Kier molecular flexibility index (Phi) is 3.03. The summed E-state index contributed by atoms with van der Waals surface area (Å²) in [7, 11) is 0. The summed E-state index contributed by atoms with van der Waals surface area (Å²) in [5, 5.41) is 14.8. The Morgan fingerprint density at radius 2 is 2.32 bits per heavy atom. The summed E-state index contributed by atoms with van der Waals surface area (Å²) in [4.78, 5) is 12.6. The van der Waals surface area contributed by atoms with Crippen LogP contribution in [0.1, 0.15) is 15.4 Å². The predicted molar refractivity (Wildman–Crippen MR) is 75.5 cm³/mol. The minimum absolute atomic E-state index is 0.258. The summed E-state index contributed by atoms with van der Waals surface area (Å²) in [6.45, 7) is 1.98. The molecule has 0 atom stereocenters. The Balaban J connectivity index is 1.84. The van der Waals surface area contributed by atoms with Crippen LogP contribution in [0.5, 0.6) is 0 Å². The van der Waals surface area contributed by atoms with Gasteiger partial charge in [-0.2, -0.15) is 4.52 Å². The normalized spacial score (nSPS) is 10.8. The number of fused-ring (bicyclic) bond motifs is 1. The molecule has 3 aromatic rings. The summed E-state index contributed by atoms with van der Waals surface area (Å²) >= 11 is 4.62. The molecular weight excluding hydrogens is 330 g/mol. The highest BCUT2D eigenvalue weighted by atomic mass is 79.9. The van der Waals surface area contributed by atoms with E-state index >= 15 is 0 Å². The van der Waals surface area contributed by atoms with Crippen molar-refractivity contribution in [3.63, 3.8) is 0 Å². The van der Waals surface area contributed by atoms with Gasteiger partial charge in [-0.05, 0) is 24.6 Å². The molecule has 0 aliphatic heterocycles. The molecule has 0 saturated carbocycles. The molecule has 6 nitrogen and oxygen atoms in total. The van der Waals surface area contributed by atoms with E-state index < -0.39 is 0 Å². The third-order valence-electron chi connectivity index (χ3n) is 2.51. The van der Waals surface area contributed by atoms with E-state index in [1.807, 2.05) is 25.1 Å². The number of aryl methyl sites for hydroxylation is 1. The topological polar surface area (TPSA) is 72.2 Å². The van der Waals surface area contributed by atoms with E-state index in [2.05, 4.69) is 36.5 Å². The van der Waals surface area contributed by atoms with Gasteiger partial charge in [0.05, 0.1) is 0 Å². The lowest BCUT2D eigenvalue weighted by molar-refractivity contribution is 0.102. The van der Waals surface area contributed by atoms with Crippen molar-refractivity contribution in [3.8, 4) is 0 Å². The molecule has 1 amide bonds. The molecule has 0 aliphatic rings. The number of anilines is 1. The van der Waals surface area contributed by atoms with Crippen molar-refractivity contribution < 1.29 is 4.79 Å². The Morgan fingerprint density at radius 3 is 3.05 bits per heavy atom. The lowest BCUT2D eigenvalue weighted by Gasteiger charge is -2.04. The van der Waals surface area contributed by atoms with Gasteiger partial charge in [0, 0.05) is 10.2 Å². The van der Waals surface area contributed by atoms with Gasteiger partial charge in [0.15, 0.2) is 0 Å². The standard InChI is InChI=1S/C11H8BrN5OS/c1-6-2-3-7(4-8(6)12)14-9(18)10-16-17-5-13-15-11(17)19-10/h2-5H,1H3,(H,14,18). The van der Waals surface area contributed by atoms with Crippen LogP contribution in [0.2, 0.25) is 0 Å². The van der Waals surface area contributed by atoms with E-state index in [0.717, 1.165) is 10.0 Å². The van der Waals surface area contributed by atoms with Crippen LogP contribution in [0.3, 0.4) is 0 Å². The molecule has 1 aromatic carbocycles. The number of hydrogen-bond acceptors (Lipinski definition) is 5. The van der Waals surface area contributed by atoms with E-state index in [0.29, 0.717) is 15.7 Å². The fraction of sp³-hybridized carbons (Fsp3) is 0.0909. The highest BCUT2D eigenvalue weighted by molar-refractivity contribution is 9.10. The van der Waals surface area contributed by atoms with Gasteiger partial charge in [-0.15, -0.1) is 15.3 Å². The quantitative estimate of drug-likeness (QED) is 0.779. The molecule has 2 aromatic heterocycles. The Bertz CT molecular complexity index is 737. The zero-order valence-electron chi connectivity index (χ0n) is 9.79. The highest BCUT2D eigenvalue weighted by Gasteiger charge is 2.14.